The summed E-state index contributed by atoms with van der Waals surface area (Å²) in [4.78, 5) is 13.2. The van der Waals surface area contributed by atoms with E-state index in [1.807, 2.05) is 19.0 Å². The van der Waals surface area contributed by atoms with Crippen LogP contribution < -0.4 is 4.74 Å². The predicted molar refractivity (Wildman–Crippen MR) is 54.1 cm³/mol. The fraction of sp³-hybridized carbons (Fsp3) is 0.364. The van der Waals surface area contributed by atoms with Gasteiger partial charge in [0.1, 0.15) is 5.75 Å². The Labute approximate surface area is 84.3 Å². The molecule has 0 fully saturated rings. The van der Waals surface area contributed by atoms with Crippen LogP contribution in [0, 0.1) is 6.07 Å². The molecule has 14 heavy (non-hydrogen) atoms. The third kappa shape index (κ3) is 4.05. The molecule has 1 aromatic rings. The van der Waals surface area contributed by atoms with Gasteiger partial charge in [-0.05, 0) is 32.3 Å². The zero-order valence-electron chi connectivity index (χ0n) is 8.49. The van der Waals surface area contributed by atoms with Crippen LogP contribution in [0.4, 0.5) is 0 Å². The molecule has 3 heteroatoms. The summed E-state index contributed by atoms with van der Waals surface area (Å²) in [5, 5.41) is 0. The number of hydrogen-bond acceptors (Lipinski definition) is 3. The van der Waals surface area contributed by atoms with E-state index in [0.29, 0.717) is 18.7 Å². The molecule has 1 aromatic carbocycles. The lowest BCUT2D eigenvalue weighted by Gasteiger charge is -2.08. The first-order valence-electron chi connectivity index (χ1n) is 4.50. The number of nitrogens with zero attached hydrogens (tertiary/aromatic N) is 1. The number of esters is 1. The zero-order chi connectivity index (χ0) is 10.4. The van der Waals surface area contributed by atoms with Gasteiger partial charge in [0.2, 0.25) is 0 Å². The molecular formula is C11H14NO2. The number of carbonyl (C=O) groups excluding carboxylic acids is 1. The van der Waals surface area contributed by atoms with Gasteiger partial charge in [0.15, 0.2) is 0 Å². The molecule has 0 atom stereocenters. The van der Waals surface area contributed by atoms with Crippen LogP contribution >= 0.6 is 0 Å². The Kier molecular flexibility index (Phi) is 4.13. The number of benzene rings is 1. The maximum absolute atomic E-state index is 11.3. The highest BCUT2D eigenvalue weighted by Crippen LogP contribution is 2.08. The summed E-state index contributed by atoms with van der Waals surface area (Å²) < 4.78 is 5.08. The number of carbonyl (C=O) groups is 1. The van der Waals surface area contributed by atoms with Gasteiger partial charge >= 0.3 is 5.97 Å². The SMILES string of the molecule is CN(C)CCC(=O)Oc1cc[c]cc1. The van der Waals surface area contributed by atoms with Gasteiger partial charge in [0.05, 0.1) is 6.42 Å². The molecule has 0 saturated carbocycles. The monoisotopic (exact) mass is 192 g/mol. The molecular weight excluding hydrogens is 178 g/mol. The van der Waals surface area contributed by atoms with Gasteiger partial charge in [-0.15, -0.1) is 0 Å². The second kappa shape index (κ2) is 5.40. The van der Waals surface area contributed by atoms with Crippen LogP contribution in [-0.2, 0) is 4.79 Å². The van der Waals surface area contributed by atoms with Crippen molar-refractivity contribution in [1.82, 2.24) is 4.90 Å². The minimum Gasteiger partial charge on any atom is -0.426 e. The van der Waals surface area contributed by atoms with E-state index in [1.54, 1.807) is 24.3 Å². The molecule has 0 aliphatic heterocycles. The van der Waals surface area contributed by atoms with Crippen LogP contribution in [0.5, 0.6) is 5.75 Å². The van der Waals surface area contributed by atoms with Crippen LogP contribution in [-0.4, -0.2) is 31.5 Å². The Morgan fingerprint density at radius 2 is 2.07 bits per heavy atom. The average molecular weight is 192 g/mol. The Morgan fingerprint density at radius 1 is 1.43 bits per heavy atom. The van der Waals surface area contributed by atoms with Gasteiger partial charge in [0.25, 0.3) is 0 Å². The van der Waals surface area contributed by atoms with Crippen molar-refractivity contribution in [2.75, 3.05) is 20.6 Å². The third-order valence-corrected chi connectivity index (χ3v) is 1.68. The maximum Gasteiger partial charge on any atom is 0.312 e. The van der Waals surface area contributed by atoms with Crippen molar-refractivity contribution < 1.29 is 9.53 Å². The predicted octanol–water partition coefficient (Wildman–Crippen LogP) is 1.34. The van der Waals surface area contributed by atoms with E-state index in [2.05, 4.69) is 6.07 Å². The van der Waals surface area contributed by atoms with Crippen molar-refractivity contribution >= 4 is 5.97 Å². The first-order valence-corrected chi connectivity index (χ1v) is 4.50. The Bertz CT molecular complexity index is 283. The van der Waals surface area contributed by atoms with Crippen LogP contribution in [0.15, 0.2) is 24.3 Å². The van der Waals surface area contributed by atoms with Crippen molar-refractivity contribution in [3.8, 4) is 5.75 Å². The van der Waals surface area contributed by atoms with Crippen LogP contribution in [0.1, 0.15) is 6.42 Å². The van der Waals surface area contributed by atoms with Crippen LogP contribution in [0.2, 0.25) is 0 Å². The van der Waals surface area contributed by atoms with Crippen molar-refractivity contribution in [2.24, 2.45) is 0 Å². The largest absolute Gasteiger partial charge is 0.426 e. The van der Waals surface area contributed by atoms with Gasteiger partial charge < -0.3 is 9.64 Å². The lowest BCUT2D eigenvalue weighted by Crippen LogP contribution is -2.19. The molecule has 0 unspecified atom stereocenters. The van der Waals surface area contributed by atoms with Gasteiger partial charge in [-0.2, -0.15) is 0 Å². The van der Waals surface area contributed by atoms with E-state index < -0.39 is 0 Å². The Balaban J connectivity index is 2.35. The average Bonchev–Trinajstić information content (AvgIpc) is 2.16. The summed E-state index contributed by atoms with van der Waals surface area (Å²) in [7, 11) is 3.84. The minimum atomic E-state index is -0.204. The quantitative estimate of drug-likeness (QED) is 0.532. The molecule has 0 heterocycles. The fourth-order valence-electron chi connectivity index (χ4n) is 0.937. The molecule has 75 valence electrons. The number of ether oxygens (including phenoxy) is 1. The highest BCUT2D eigenvalue weighted by molar-refractivity contribution is 5.72. The van der Waals surface area contributed by atoms with Crippen molar-refractivity contribution in [1.29, 1.82) is 0 Å². The second-order valence-corrected chi connectivity index (χ2v) is 3.26. The topological polar surface area (TPSA) is 29.5 Å². The van der Waals surface area contributed by atoms with Crippen molar-refractivity contribution in [2.45, 2.75) is 6.42 Å². The highest BCUT2D eigenvalue weighted by Gasteiger charge is 2.04. The van der Waals surface area contributed by atoms with Gasteiger partial charge in [-0.1, -0.05) is 12.1 Å². The first kappa shape index (κ1) is 10.7. The van der Waals surface area contributed by atoms with E-state index in [4.69, 9.17) is 4.74 Å². The highest BCUT2D eigenvalue weighted by atomic mass is 16.5. The lowest BCUT2D eigenvalue weighted by atomic mass is 10.3. The first-order chi connectivity index (χ1) is 6.68. The molecule has 1 radical (unpaired) electrons. The number of hydrogen-bond donors (Lipinski definition) is 0. The summed E-state index contributed by atoms with van der Waals surface area (Å²) in [6.45, 7) is 0.706. The summed E-state index contributed by atoms with van der Waals surface area (Å²) >= 11 is 0. The van der Waals surface area contributed by atoms with E-state index in [9.17, 15) is 4.79 Å². The smallest absolute Gasteiger partial charge is 0.312 e. The standard InChI is InChI=1S/C11H14NO2/c1-12(2)9-8-11(13)14-10-6-4-3-5-7-10/h4-7H,8-9H2,1-2H3. The molecule has 0 N–H and O–H groups in total. The molecule has 0 aliphatic rings. The molecule has 0 bridgehead atoms. The molecule has 0 spiro atoms. The Morgan fingerprint density at radius 3 is 2.64 bits per heavy atom. The fourth-order valence-corrected chi connectivity index (χ4v) is 0.937. The third-order valence-electron chi connectivity index (χ3n) is 1.68. The van der Waals surface area contributed by atoms with E-state index in [0.717, 1.165) is 0 Å². The van der Waals surface area contributed by atoms with Gasteiger partial charge in [-0.3, -0.25) is 4.79 Å². The van der Waals surface area contributed by atoms with Crippen LogP contribution in [0.25, 0.3) is 0 Å². The molecule has 0 saturated heterocycles. The number of rotatable bonds is 4. The zero-order valence-corrected chi connectivity index (χ0v) is 8.49. The molecule has 0 amide bonds. The maximum atomic E-state index is 11.3. The summed E-state index contributed by atoms with van der Waals surface area (Å²) in [5.74, 6) is 0.373. The molecule has 0 aliphatic carbocycles. The normalized spacial score (nSPS) is 10.2. The summed E-state index contributed by atoms with van der Waals surface area (Å²) in [6.07, 6.45) is 0.408. The van der Waals surface area contributed by atoms with Crippen molar-refractivity contribution in [3.05, 3.63) is 30.3 Å². The summed E-state index contributed by atoms with van der Waals surface area (Å²) in [5.41, 5.74) is 0. The minimum absolute atomic E-state index is 0.204. The second-order valence-electron chi connectivity index (χ2n) is 3.26. The van der Waals surface area contributed by atoms with E-state index >= 15 is 0 Å². The van der Waals surface area contributed by atoms with E-state index in [-0.39, 0.29) is 5.97 Å². The van der Waals surface area contributed by atoms with Crippen molar-refractivity contribution in [3.63, 3.8) is 0 Å². The van der Waals surface area contributed by atoms with E-state index in [1.165, 1.54) is 0 Å². The van der Waals surface area contributed by atoms with Gasteiger partial charge in [0, 0.05) is 6.54 Å². The molecule has 3 nitrogen and oxygen atoms in total. The molecule has 0 aromatic heterocycles. The molecule has 1 rings (SSSR count). The summed E-state index contributed by atoms with van der Waals surface area (Å²) in [6, 6.07) is 9.72. The van der Waals surface area contributed by atoms with Crippen LogP contribution in [0.3, 0.4) is 0 Å². The lowest BCUT2D eigenvalue weighted by molar-refractivity contribution is -0.134. The Hall–Kier alpha value is -1.35. The van der Waals surface area contributed by atoms with Gasteiger partial charge in [-0.25, -0.2) is 0 Å².